The van der Waals surface area contributed by atoms with Gasteiger partial charge in [-0.1, -0.05) is 19.3 Å². The maximum atomic E-state index is 5.24. The van der Waals surface area contributed by atoms with Crippen molar-refractivity contribution >= 4 is 0 Å². The molecular formula is C10H18O. The van der Waals surface area contributed by atoms with Crippen LogP contribution < -0.4 is 0 Å². The normalized spacial score (nSPS) is 22.1. The summed E-state index contributed by atoms with van der Waals surface area (Å²) in [6.07, 6.45) is 6.64. The molecule has 0 amide bonds. The lowest BCUT2D eigenvalue weighted by Crippen LogP contribution is -2.33. The Balaban J connectivity index is 2.43. The van der Waals surface area contributed by atoms with Crippen LogP contribution in [0.4, 0.5) is 0 Å². The molecular weight excluding hydrogens is 136 g/mol. The fourth-order valence-corrected chi connectivity index (χ4v) is 1.89. The maximum absolute atomic E-state index is 5.24. The standard InChI is InChI=1S/C10H18O/c1-10(2,11-3)9-7-5-4-6-8-9/h3,9H,4-8H2,1-2H3. The summed E-state index contributed by atoms with van der Waals surface area (Å²) in [5.41, 5.74) is -0.111. The predicted molar refractivity (Wildman–Crippen MR) is 46.0 cm³/mol. The van der Waals surface area contributed by atoms with Crippen LogP contribution in [0, 0.1) is 13.0 Å². The van der Waals surface area contributed by atoms with Gasteiger partial charge in [0.05, 0.1) is 5.60 Å². The Bertz CT molecular complexity index is 112. The van der Waals surface area contributed by atoms with Crippen molar-refractivity contribution in [3.63, 3.8) is 0 Å². The molecule has 0 aliphatic heterocycles. The molecule has 0 aromatic carbocycles. The minimum atomic E-state index is -0.111. The Hall–Kier alpha value is -0.0400. The summed E-state index contributed by atoms with van der Waals surface area (Å²) in [6, 6.07) is 0. The van der Waals surface area contributed by atoms with E-state index in [0.29, 0.717) is 5.92 Å². The van der Waals surface area contributed by atoms with Gasteiger partial charge in [-0.3, -0.25) is 0 Å². The molecule has 0 saturated heterocycles. The minimum Gasteiger partial charge on any atom is -0.366 e. The highest BCUT2D eigenvalue weighted by Crippen LogP contribution is 2.34. The topological polar surface area (TPSA) is 9.23 Å². The van der Waals surface area contributed by atoms with Crippen LogP contribution in [-0.4, -0.2) is 5.60 Å². The van der Waals surface area contributed by atoms with Crippen molar-refractivity contribution < 1.29 is 4.74 Å². The summed E-state index contributed by atoms with van der Waals surface area (Å²) in [4.78, 5) is 0. The van der Waals surface area contributed by atoms with Crippen molar-refractivity contribution in [2.24, 2.45) is 5.92 Å². The molecule has 11 heavy (non-hydrogen) atoms. The van der Waals surface area contributed by atoms with Gasteiger partial charge in [0.15, 0.2) is 0 Å². The molecule has 0 atom stereocenters. The van der Waals surface area contributed by atoms with E-state index in [1.54, 1.807) is 0 Å². The predicted octanol–water partition coefficient (Wildman–Crippen LogP) is 3.03. The molecule has 1 saturated carbocycles. The molecule has 1 fully saturated rings. The van der Waals surface area contributed by atoms with Crippen molar-refractivity contribution in [2.45, 2.75) is 51.6 Å². The lowest BCUT2D eigenvalue weighted by Gasteiger charge is -2.35. The molecule has 1 nitrogen and oxygen atoms in total. The van der Waals surface area contributed by atoms with E-state index in [-0.39, 0.29) is 5.60 Å². The van der Waals surface area contributed by atoms with Crippen LogP contribution in [0.25, 0.3) is 0 Å². The van der Waals surface area contributed by atoms with Crippen LogP contribution in [0.3, 0.4) is 0 Å². The van der Waals surface area contributed by atoms with Crippen LogP contribution in [0.2, 0.25) is 0 Å². The van der Waals surface area contributed by atoms with Gasteiger partial charge in [-0.2, -0.15) is 0 Å². The highest BCUT2D eigenvalue weighted by molar-refractivity contribution is 4.81. The Labute approximate surface area is 70.1 Å². The molecule has 1 aliphatic carbocycles. The van der Waals surface area contributed by atoms with E-state index in [9.17, 15) is 0 Å². The van der Waals surface area contributed by atoms with E-state index in [2.05, 4.69) is 13.8 Å². The Morgan fingerprint density at radius 1 is 1.18 bits per heavy atom. The highest BCUT2D eigenvalue weighted by atomic mass is 16.5. The van der Waals surface area contributed by atoms with E-state index in [1.165, 1.54) is 32.1 Å². The zero-order valence-corrected chi connectivity index (χ0v) is 7.60. The lowest BCUT2D eigenvalue weighted by molar-refractivity contribution is -0.0177. The van der Waals surface area contributed by atoms with Gasteiger partial charge >= 0.3 is 0 Å². The van der Waals surface area contributed by atoms with Crippen molar-refractivity contribution in [1.29, 1.82) is 0 Å². The van der Waals surface area contributed by atoms with Crippen molar-refractivity contribution in [2.75, 3.05) is 0 Å². The van der Waals surface area contributed by atoms with Crippen molar-refractivity contribution in [3.8, 4) is 0 Å². The van der Waals surface area contributed by atoms with Crippen LogP contribution in [0.5, 0.6) is 0 Å². The Morgan fingerprint density at radius 3 is 2.18 bits per heavy atom. The Morgan fingerprint density at radius 2 is 1.73 bits per heavy atom. The zero-order valence-electron chi connectivity index (χ0n) is 7.60. The smallest absolute Gasteiger partial charge is 0.116 e. The lowest BCUT2D eigenvalue weighted by atomic mass is 9.79. The van der Waals surface area contributed by atoms with E-state index in [4.69, 9.17) is 11.8 Å². The molecule has 1 aliphatic rings. The molecule has 1 heteroatoms. The van der Waals surface area contributed by atoms with Gasteiger partial charge in [0.25, 0.3) is 0 Å². The van der Waals surface area contributed by atoms with Crippen LogP contribution in [-0.2, 0) is 4.74 Å². The number of hydrogen-bond donors (Lipinski definition) is 0. The fraction of sp³-hybridized carbons (Fsp3) is 0.900. The average molecular weight is 154 g/mol. The first-order valence-electron chi connectivity index (χ1n) is 4.54. The minimum absolute atomic E-state index is 0.111. The molecule has 0 N–H and O–H groups in total. The van der Waals surface area contributed by atoms with Crippen LogP contribution in [0.15, 0.2) is 0 Å². The second-order valence-electron chi connectivity index (χ2n) is 4.06. The molecule has 64 valence electrons. The highest BCUT2D eigenvalue weighted by Gasteiger charge is 2.30. The summed E-state index contributed by atoms with van der Waals surface area (Å²) in [7, 11) is 5.24. The van der Waals surface area contributed by atoms with Crippen molar-refractivity contribution in [1.82, 2.24) is 0 Å². The quantitative estimate of drug-likeness (QED) is 0.594. The molecule has 0 bridgehead atoms. The summed E-state index contributed by atoms with van der Waals surface area (Å²) < 4.78 is 4.98. The largest absolute Gasteiger partial charge is 0.366 e. The van der Waals surface area contributed by atoms with Gasteiger partial charge in [-0.15, -0.1) is 0 Å². The average Bonchev–Trinajstić information content (AvgIpc) is 2.06. The number of rotatable bonds is 2. The Kier molecular flexibility index (Phi) is 2.94. The molecule has 0 unspecified atom stereocenters. The summed E-state index contributed by atoms with van der Waals surface area (Å²) in [5.74, 6) is 0.668. The van der Waals surface area contributed by atoms with Crippen LogP contribution >= 0.6 is 0 Å². The monoisotopic (exact) mass is 154 g/mol. The third-order valence-electron chi connectivity index (χ3n) is 2.89. The first kappa shape index (κ1) is 9.05. The second kappa shape index (κ2) is 3.57. The second-order valence-corrected chi connectivity index (χ2v) is 4.06. The van der Waals surface area contributed by atoms with E-state index in [1.807, 2.05) is 0 Å². The molecule has 0 aromatic rings. The molecule has 2 radical (unpaired) electrons. The summed E-state index contributed by atoms with van der Waals surface area (Å²) >= 11 is 0. The van der Waals surface area contributed by atoms with Crippen molar-refractivity contribution in [3.05, 3.63) is 7.11 Å². The third kappa shape index (κ3) is 2.19. The van der Waals surface area contributed by atoms with Gasteiger partial charge in [-0.05, 0) is 32.6 Å². The first-order chi connectivity index (χ1) is 5.17. The van der Waals surface area contributed by atoms with E-state index < -0.39 is 0 Å². The SMILES string of the molecule is [CH]OC(C)(C)C1CCCCC1. The van der Waals surface area contributed by atoms with Gasteiger partial charge in [0.1, 0.15) is 7.11 Å². The third-order valence-corrected chi connectivity index (χ3v) is 2.89. The van der Waals surface area contributed by atoms with Crippen LogP contribution in [0.1, 0.15) is 46.0 Å². The van der Waals surface area contributed by atoms with E-state index >= 15 is 0 Å². The molecule has 0 aromatic heterocycles. The van der Waals surface area contributed by atoms with Gasteiger partial charge < -0.3 is 4.74 Å². The molecule has 0 heterocycles. The molecule has 0 spiro atoms. The van der Waals surface area contributed by atoms with Gasteiger partial charge in [0.2, 0.25) is 0 Å². The van der Waals surface area contributed by atoms with E-state index in [0.717, 1.165) is 0 Å². The maximum Gasteiger partial charge on any atom is 0.116 e. The summed E-state index contributed by atoms with van der Waals surface area (Å²) in [5, 5.41) is 0. The molecule has 1 rings (SSSR count). The summed E-state index contributed by atoms with van der Waals surface area (Å²) in [6.45, 7) is 4.17. The fourth-order valence-electron chi connectivity index (χ4n) is 1.89. The first-order valence-corrected chi connectivity index (χ1v) is 4.54. The van der Waals surface area contributed by atoms with Gasteiger partial charge in [-0.25, -0.2) is 0 Å². The van der Waals surface area contributed by atoms with Gasteiger partial charge in [0, 0.05) is 0 Å². The number of ether oxygens (including phenoxy) is 1. The number of hydrogen-bond acceptors (Lipinski definition) is 1. The zero-order chi connectivity index (χ0) is 8.32.